The van der Waals surface area contributed by atoms with Gasteiger partial charge in [-0.05, 0) is 25.9 Å². The summed E-state index contributed by atoms with van der Waals surface area (Å²) in [6.45, 7) is 4.54. The molecular formula is C26H55O19P. The average Bonchev–Trinajstić information content (AvgIpc) is 3.07. The fourth-order valence-electron chi connectivity index (χ4n) is 4.35. The van der Waals surface area contributed by atoms with Crippen molar-refractivity contribution in [3.63, 3.8) is 0 Å². The molecule has 0 spiro atoms. The molecule has 0 bridgehead atoms. The summed E-state index contributed by atoms with van der Waals surface area (Å²) in [5.41, 5.74) is 0. The molecule has 46 heavy (non-hydrogen) atoms. The second kappa shape index (κ2) is 24.7. The van der Waals surface area contributed by atoms with Gasteiger partial charge in [0, 0.05) is 29.1 Å². The van der Waals surface area contributed by atoms with E-state index in [2.05, 4.69) is 0 Å². The molecule has 0 radical (unpaired) electrons. The van der Waals surface area contributed by atoms with E-state index >= 15 is 0 Å². The van der Waals surface area contributed by atoms with Gasteiger partial charge in [-0.1, -0.05) is 13.8 Å². The smallest absolute Gasteiger partial charge is 0.192 e. The van der Waals surface area contributed by atoms with Crippen LogP contribution in [0.2, 0.25) is 0 Å². The van der Waals surface area contributed by atoms with Crippen LogP contribution < -0.4 is 0 Å². The quantitative estimate of drug-likeness (QED) is 0.0666. The van der Waals surface area contributed by atoms with Gasteiger partial charge >= 0.3 is 0 Å². The summed E-state index contributed by atoms with van der Waals surface area (Å²) in [5.74, 6) is 0. The van der Waals surface area contributed by atoms with Crippen molar-refractivity contribution in [1.29, 1.82) is 0 Å². The van der Waals surface area contributed by atoms with Gasteiger partial charge in [0.2, 0.25) is 0 Å². The molecule has 3 fully saturated rings. The van der Waals surface area contributed by atoms with Gasteiger partial charge in [-0.15, -0.1) is 0 Å². The third-order valence-corrected chi connectivity index (χ3v) is 6.82. The van der Waals surface area contributed by atoms with Crippen molar-refractivity contribution in [3.8, 4) is 0 Å². The Balaban J connectivity index is 0.00000268. The second-order valence-electron chi connectivity index (χ2n) is 9.90. The number of ether oxygens (including phenoxy) is 6. The maximum absolute atomic E-state index is 10.3. The lowest BCUT2D eigenvalue weighted by molar-refractivity contribution is -0.402. The molecule has 3 aliphatic heterocycles. The Kier molecular flexibility index (Phi) is 24.6. The van der Waals surface area contributed by atoms with Gasteiger partial charge in [-0.2, -0.15) is 0 Å². The molecule has 278 valence electrons. The van der Waals surface area contributed by atoms with E-state index in [1.807, 2.05) is 13.8 Å². The zero-order chi connectivity index (χ0) is 35.6. The molecule has 3 rings (SSSR count). The van der Waals surface area contributed by atoms with Crippen LogP contribution in [0.5, 0.6) is 0 Å². The highest BCUT2D eigenvalue weighted by atomic mass is 31.1. The Labute approximate surface area is 269 Å². The maximum atomic E-state index is 10.3. The monoisotopic (exact) mass is 702 g/mol. The maximum Gasteiger partial charge on any atom is 0.192 e. The van der Waals surface area contributed by atoms with Crippen molar-refractivity contribution in [3.05, 3.63) is 0 Å². The fraction of sp³-hybridized carbons (Fsp3) is 1.00. The first kappa shape index (κ1) is 45.7. The summed E-state index contributed by atoms with van der Waals surface area (Å²) in [5, 5.41) is 117. The number of unbranched alkanes of at least 4 members (excludes halogenated alkanes) is 2. The van der Waals surface area contributed by atoms with Gasteiger partial charge < -0.3 is 94.6 Å². The van der Waals surface area contributed by atoms with Crippen LogP contribution in [0.1, 0.15) is 33.1 Å². The Hall–Kier alpha value is -0.330. The molecule has 0 amide bonds. The van der Waals surface area contributed by atoms with E-state index in [1.54, 1.807) is 6.66 Å². The van der Waals surface area contributed by atoms with E-state index in [1.165, 1.54) is 0 Å². The van der Waals surface area contributed by atoms with Crippen molar-refractivity contribution in [2.45, 2.75) is 125 Å². The SMILES string of the molecule is CC.CO.CPO.OCCCCCOC1OC(COC2OC(OC3OC(CO)C(O)C(O)C3O)C(O)C(O)C2O)C(O)C(O)C1O. The number of rotatable bonds is 12. The Morgan fingerprint density at radius 1 is 0.543 bits per heavy atom. The molecule has 3 aliphatic rings. The van der Waals surface area contributed by atoms with E-state index in [0.29, 0.717) is 19.3 Å². The minimum absolute atomic E-state index is 0.0160. The third-order valence-electron chi connectivity index (χ3n) is 6.82. The lowest BCUT2D eigenvalue weighted by Gasteiger charge is -2.45. The highest BCUT2D eigenvalue weighted by Gasteiger charge is 2.51. The molecule has 3 saturated heterocycles. The van der Waals surface area contributed by atoms with Crippen LogP contribution >= 0.6 is 8.81 Å². The summed E-state index contributed by atoms with van der Waals surface area (Å²) in [4.78, 5) is 7.60. The summed E-state index contributed by atoms with van der Waals surface area (Å²) in [6.07, 6.45) is -23.3. The molecule has 19 nitrogen and oxygen atoms in total. The minimum Gasteiger partial charge on any atom is -0.400 e. The first-order valence-electron chi connectivity index (χ1n) is 14.9. The molecule has 16 atom stereocenters. The largest absolute Gasteiger partial charge is 0.400 e. The van der Waals surface area contributed by atoms with Crippen LogP contribution in [0.4, 0.5) is 0 Å². The molecule has 0 aliphatic carbocycles. The molecule has 0 aromatic rings. The molecule has 13 N–H and O–H groups in total. The molecule has 20 heteroatoms. The fourth-order valence-corrected chi connectivity index (χ4v) is 4.35. The first-order chi connectivity index (χ1) is 21.9. The van der Waals surface area contributed by atoms with Crippen molar-refractivity contribution in [2.24, 2.45) is 0 Å². The second-order valence-corrected chi connectivity index (χ2v) is 10.4. The van der Waals surface area contributed by atoms with Crippen molar-refractivity contribution < 1.29 is 94.6 Å². The van der Waals surface area contributed by atoms with Crippen LogP contribution in [-0.4, -0.2) is 199 Å². The first-order valence-corrected chi connectivity index (χ1v) is 16.3. The Morgan fingerprint density at radius 3 is 1.46 bits per heavy atom. The van der Waals surface area contributed by atoms with Gasteiger partial charge in [0.1, 0.15) is 67.1 Å². The predicted molar refractivity (Wildman–Crippen MR) is 157 cm³/mol. The molecule has 0 aromatic heterocycles. The van der Waals surface area contributed by atoms with Crippen LogP contribution in [0, 0.1) is 0 Å². The van der Waals surface area contributed by atoms with Crippen molar-refractivity contribution >= 4 is 8.81 Å². The Bertz CT molecular complexity index is 743. The summed E-state index contributed by atoms with van der Waals surface area (Å²) >= 11 is 0. The highest BCUT2D eigenvalue weighted by Crippen LogP contribution is 2.29. The van der Waals surface area contributed by atoms with Crippen molar-refractivity contribution in [2.75, 3.05) is 40.2 Å². The molecule has 3 heterocycles. The van der Waals surface area contributed by atoms with E-state index in [0.717, 1.165) is 7.11 Å². The van der Waals surface area contributed by atoms with Gasteiger partial charge in [0.05, 0.1) is 13.2 Å². The van der Waals surface area contributed by atoms with Crippen LogP contribution in [0.3, 0.4) is 0 Å². The summed E-state index contributed by atoms with van der Waals surface area (Å²) in [6, 6.07) is 0. The molecule has 16 unspecified atom stereocenters. The van der Waals surface area contributed by atoms with E-state index < -0.39 is 106 Å². The summed E-state index contributed by atoms with van der Waals surface area (Å²) in [7, 11) is 1.08. The molecule has 0 saturated carbocycles. The summed E-state index contributed by atoms with van der Waals surface area (Å²) < 4.78 is 32.2. The van der Waals surface area contributed by atoms with Crippen molar-refractivity contribution in [1.82, 2.24) is 0 Å². The molecular weight excluding hydrogens is 647 g/mol. The van der Waals surface area contributed by atoms with E-state index in [9.17, 15) is 51.1 Å². The van der Waals surface area contributed by atoms with E-state index in [4.69, 9.17) is 43.5 Å². The normalized spacial score (nSPS) is 41.0. The number of aliphatic hydroxyl groups is 12. The lowest BCUT2D eigenvalue weighted by Crippen LogP contribution is -2.64. The van der Waals surface area contributed by atoms with Crippen LogP contribution in [0.25, 0.3) is 0 Å². The van der Waals surface area contributed by atoms with Crippen LogP contribution in [-0.2, 0) is 28.4 Å². The number of hydrogen-bond donors (Lipinski definition) is 13. The van der Waals surface area contributed by atoms with Gasteiger partial charge in [-0.25, -0.2) is 0 Å². The van der Waals surface area contributed by atoms with E-state index in [-0.39, 0.29) is 22.0 Å². The van der Waals surface area contributed by atoms with Gasteiger partial charge in [-0.3, -0.25) is 0 Å². The highest BCUT2D eigenvalue weighted by molar-refractivity contribution is 7.29. The zero-order valence-corrected chi connectivity index (χ0v) is 27.4. The Morgan fingerprint density at radius 2 is 0.957 bits per heavy atom. The van der Waals surface area contributed by atoms with Crippen LogP contribution in [0.15, 0.2) is 0 Å². The number of hydrogen-bond acceptors (Lipinski definition) is 19. The lowest BCUT2D eigenvalue weighted by atomic mass is 9.99. The average molecular weight is 703 g/mol. The van der Waals surface area contributed by atoms with Gasteiger partial charge in [0.25, 0.3) is 0 Å². The standard InChI is InChI=1S/C22H40O17.C2H6.CH5OP.CH4O/c23-4-2-1-3-5-34-19-15(30)13(28)11(26)9(37-19)7-35-20-16(31)14(29)18(33)22(38-20)39-21-17(32)12(27)10(25)8(6-24)36-21;1-2;1-3-2;1-2/h8-33H,1-7H2;1-2H3;2-3H,1H3;2H,1H3. The van der Waals surface area contributed by atoms with Gasteiger partial charge in [0.15, 0.2) is 25.2 Å². The minimum atomic E-state index is -1.90. The number of aliphatic hydroxyl groups excluding tert-OH is 12. The molecule has 0 aromatic carbocycles. The third kappa shape index (κ3) is 13.2. The zero-order valence-electron chi connectivity index (χ0n) is 26.4. The topological polar surface area (TPSA) is 318 Å². The predicted octanol–water partition coefficient (Wildman–Crippen LogP) is -5.59.